The highest BCUT2D eigenvalue weighted by atomic mass is 16.5. The number of carbonyl (C=O) groups excluding carboxylic acids is 1. The number of methoxy groups -OCH3 is 1. The Hall–Kier alpha value is -5.40. The lowest BCUT2D eigenvalue weighted by Crippen LogP contribution is -2.50. The molecule has 0 spiro atoms. The third-order valence-corrected chi connectivity index (χ3v) is 7.79. The standard InChI is InChI=1S/C31H29N9O4/c1-44-19-27(42)38-14-12-37(13-15-38)24-10-9-21(16-20(24)18-41)34-31-33-17-23-28(36-31)35-29-22-6-2-3-7-25(22)39(40(29)30(23)43)26-8-4-5-11-32-26/h2-11,16-17,41H,12-15,18-19H2,1H3,(H,33,34,36). The van der Waals surface area contributed by atoms with E-state index in [0.29, 0.717) is 43.3 Å². The van der Waals surface area contributed by atoms with Crippen LogP contribution in [0.15, 0.2) is 77.9 Å². The minimum absolute atomic E-state index is 0.0265. The number of benzene rings is 2. The molecular weight excluding hydrogens is 562 g/mol. The maximum absolute atomic E-state index is 13.8. The molecular formula is C31H29N9O4. The van der Waals surface area contributed by atoms with Crippen LogP contribution in [-0.4, -0.2) is 84.9 Å². The molecule has 5 heterocycles. The van der Waals surface area contributed by atoms with Gasteiger partial charge >= 0.3 is 0 Å². The van der Waals surface area contributed by atoms with Crippen molar-refractivity contribution in [3.8, 4) is 5.82 Å². The number of rotatable bonds is 7. The van der Waals surface area contributed by atoms with Gasteiger partial charge in [-0.1, -0.05) is 18.2 Å². The summed E-state index contributed by atoms with van der Waals surface area (Å²) in [5.41, 5.74) is 3.51. The summed E-state index contributed by atoms with van der Waals surface area (Å²) in [5.74, 6) is 0.830. The number of pyridine rings is 1. The Bertz CT molecular complexity index is 2070. The molecule has 1 saturated heterocycles. The molecule has 2 N–H and O–H groups in total. The smallest absolute Gasteiger partial charge is 0.284 e. The first kappa shape index (κ1) is 27.4. The average molecular weight is 592 g/mol. The summed E-state index contributed by atoms with van der Waals surface area (Å²) < 4.78 is 8.23. The number of carbonyl (C=O) groups is 1. The van der Waals surface area contributed by atoms with Gasteiger partial charge in [-0.15, -0.1) is 0 Å². The van der Waals surface area contributed by atoms with E-state index in [4.69, 9.17) is 9.72 Å². The van der Waals surface area contributed by atoms with E-state index in [-0.39, 0.29) is 41.7 Å². The number of aliphatic hydroxyl groups excluding tert-OH is 1. The Morgan fingerprint density at radius 3 is 2.57 bits per heavy atom. The highest BCUT2D eigenvalue weighted by Gasteiger charge is 2.23. The molecule has 0 unspecified atom stereocenters. The number of fused-ring (bicyclic) bond motifs is 4. The molecule has 1 fully saturated rings. The molecule has 1 amide bonds. The lowest BCUT2D eigenvalue weighted by molar-refractivity contribution is -0.135. The first-order valence-electron chi connectivity index (χ1n) is 14.2. The largest absolute Gasteiger partial charge is 0.392 e. The number of aromatic nitrogens is 6. The second-order valence-electron chi connectivity index (χ2n) is 10.4. The van der Waals surface area contributed by atoms with Crippen molar-refractivity contribution >= 4 is 50.8 Å². The minimum atomic E-state index is -0.311. The summed E-state index contributed by atoms with van der Waals surface area (Å²) in [6, 6.07) is 18.8. The van der Waals surface area contributed by atoms with Crippen LogP contribution in [0.3, 0.4) is 0 Å². The van der Waals surface area contributed by atoms with E-state index in [1.807, 2.05) is 60.7 Å². The number of para-hydroxylation sites is 1. The molecule has 0 saturated carbocycles. The first-order chi connectivity index (χ1) is 21.6. The van der Waals surface area contributed by atoms with Crippen LogP contribution >= 0.6 is 0 Å². The van der Waals surface area contributed by atoms with Crippen LogP contribution in [0.2, 0.25) is 0 Å². The molecule has 4 aromatic heterocycles. The van der Waals surface area contributed by atoms with E-state index < -0.39 is 0 Å². The van der Waals surface area contributed by atoms with Crippen LogP contribution in [0.4, 0.5) is 17.3 Å². The van der Waals surface area contributed by atoms with Crippen molar-refractivity contribution in [2.24, 2.45) is 0 Å². The second-order valence-corrected chi connectivity index (χ2v) is 10.4. The molecule has 7 rings (SSSR count). The zero-order valence-corrected chi connectivity index (χ0v) is 23.9. The molecule has 44 heavy (non-hydrogen) atoms. The summed E-state index contributed by atoms with van der Waals surface area (Å²) in [6.07, 6.45) is 3.15. The van der Waals surface area contributed by atoms with Gasteiger partial charge in [-0.05, 0) is 42.5 Å². The highest BCUT2D eigenvalue weighted by molar-refractivity contribution is 5.95. The predicted molar refractivity (Wildman–Crippen MR) is 166 cm³/mol. The SMILES string of the molecule is COCC(=O)N1CCN(c2ccc(Nc3ncc4c(=O)n5c(nc4n3)c3ccccc3n5-c3ccccn3)cc2CO)CC1. The predicted octanol–water partition coefficient (Wildman–Crippen LogP) is 2.51. The van der Waals surface area contributed by atoms with Gasteiger partial charge in [0.2, 0.25) is 11.9 Å². The molecule has 1 aliphatic rings. The van der Waals surface area contributed by atoms with Gasteiger partial charge in [0.1, 0.15) is 12.0 Å². The van der Waals surface area contributed by atoms with Crippen LogP contribution in [0.1, 0.15) is 5.56 Å². The van der Waals surface area contributed by atoms with Crippen molar-refractivity contribution in [3.05, 3.63) is 89.0 Å². The van der Waals surface area contributed by atoms with E-state index in [9.17, 15) is 14.7 Å². The Balaban J connectivity index is 1.20. The molecule has 0 radical (unpaired) electrons. The number of amides is 1. The van der Waals surface area contributed by atoms with Crippen molar-refractivity contribution in [1.29, 1.82) is 0 Å². The van der Waals surface area contributed by atoms with Crippen LogP contribution in [0.25, 0.3) is 33.4 Å². The number of anilines is 3. The molecule has 222 valence electrons. The van der Waals surface area contributed by atoms with E-state index in [0.717, 1.165) is 22.2 Å². The minimum Gasteiger partial charge on any atom is -0.392 e. The van der Waals surface area contributed by atoms with Crippen molar-refractivity contribution in [1.82, 2.24) is 34.0 Å². The zero-order valence-electron chi connectivity index (χ0n) is 23.9. The molecule has 0 aliphatic carbocycles. The molecule has 0 atom stereocenters. The summed E-state index contributed by atoms with van der Waals surface area (Å²) in [6.45, 7) is 2.37. The molecule has 6 aromatic rings. The first-order valence-corrected chi connectivity index (χ1v) is 14.2. The van der Waals surface area contributed by atoms with Gasteiger partial charge in [0.25, 0.3) is 5.56 Å². The Morgan fingerprint density at radius 2 is 1.80 bits per heavy atom. The topological polar surface area (TPSA) is 143 Å². The van der Waals surface area contributed by atoms with E-state index >= 15 is 0 Å². The van der Waals surface area contributed by atoms with Crippen LogP contribution in [0.5, 0.6) is 0 Å². The Kier molecular flexibility index (Phi) is 7.08. The van der Waals surface area contributed by atoms with E-state index in [1.165, 1.54) is 17.8 Å². The lowest BCUT2D eigenvalue weighted by Gasteiger charge is -2.37. The zero-order chi connectivity index (χ0) is 30.2. The van der Waals surface area contributed by atoms with E-state index in [1.54, 1.807) is 15.8 Å². The fourth-order valence-electron chi connectivity index (χ4n) is 5.69. The molecule has 13 heteroatoms. The fraction of sp³-hybridized carbons (Fsp3) is 0.226. The maximum Gasteiger partial charge on any atom is 0.284 e. The van der Waals surface area contributed by atoms with E-state index in [2.05, 4.69) is 25.2 Å². The van der Waals surface area contributed by atoms with Gasteiger partial charge in [0.15, 0.2) is 17.1 Å². The number of hydrogen-bond acceptors (Lipinski definition) is 10. The summed E-state index contributed by atoms with van der Waals surface area (Å²) in [7, 11) is 1.51. The Morgan fingerprint density at radius 1 is 0.977 bits per heavy atom. The summed E-state index contributed by atoms with van der Waals surface area (Å²) in [5, 5.41) is 14.4. The highest BCUT2D eigenvalue weighted by Crippen LogP contribution is 2.28. The van der Waals surface area contributed by atoms with Crippen molar-refractivity contribution in [2.45, 2.75) is 6.61 Å². The van der Waals surface area contributed by atoms with Gasteiger partial charge in [-0.3, -0.25) is 9.59 Å². The third-order valence-electron chi connectivity index (χ3n) is 7.79. The van der Waals surface area contributed by atoms with Gasteiger partial charge in [0.05, 0.1) is 12.1 Å². The van der Waals surface area contributed by atoms with Crippen LogP contribution in [-0.2, 0) is 16.1 Å². The molecule has 2 aromatic carbocycles. The van der Waals surface area contributed by atoms with Gasteiger partial charge < -0.3 is 25.0 Å². The second kappa shape index (κ2) is 11.4. The third kappa shape index (κ3) is 4.77. The normalized spacial score (nSPS) is 13.7. The quantitative estimate of drug-likeness (QED) is 0.284. The molecule has 13 nitrogen and oxygen atoms in total. The number of piperazine rings is 1. The maximum atomic E-state index is 13.8. The van der Waals surface area contributed by atoms with Gasteiger partial charge in [-0.25, -0.2) is 19.6 Å². The van der Waals surface area contributed by atoms with Crippen molar-refractivity contribution < 1.29 is 14.6 Å². The molecule has 0 bridgehead atoms. The van der Waals surface area contributed by atoms with Gasteiger partial charge in [-0.2, -0.15) is 9.50 Å². The van der Waals surface area contributed by atoms with Gasteiger partial charge in [0, 0.05) is 68.0 Å². The monoisotopic (exact) mass is 591 g/mol. The fourth-order valence-corrected chi connectivity index (χ4v) is 5.69. The van der Waals surface area contributed by atoms with Crippen molar-refractivity contribution in [2.75, 3.05) is 50.1 Å². The number of aliphatic hydroxyl groups is 1. The summed E-state index contributed by atoms with van der Waals surface area (Å²) in [4.78, 5) is 48.2. The Labute approximate surface area is 251 Å². The number of nitrogens with zero attached hydrogens (tertiary/aromatic N) is 8. The number of ether oxygens (including phenoxy) is 1. The molecule has 1 aliphatic heterocycles. The number of hydrogen-bond donors (Lipinski definition) is 2. The number of nitrogens with one attached hydrogen (secondary N) is 1. The van der Waals surface area contributed by atoms with Crippen molar-refractivity contribution in [3.63, 3.8) is 0 Å². The van der Waals surface area contributed by atoms with Crippen LogP contribution in [0, 0.1) is 0 Å². The summed E-state index contributed by atoms with van der Waals surface area (Å²) >= 11 is 0. The lowest BCUT2D eigenvalue weighted by atomic mass is 10.1. The average Bonchev–Trinajstić information content (AvgIpc) is 3.40. The van der Waals surface area contributed by atoms with Crippen LogP contribution < -0.4 is 15.8 Å².